The number of hydrogen-bond donors (Lipinski definition) is 0. The van der Waals surface area contributed by atoms with Crippen LogP contribution in [-0.2, 0) is 16.0 Å². The highest BCUT2D eigenvalue weighted by Crippen LogP contribution is 2.17. The Hall–Kier alpha value is -3.14. The molecule has 24 heavy (non-hydrogen) atoms. The van der Waals surface area contributed by atoms with Crippen molar-refractivity contribution in [2.24, 2.45) is 0 Å². The van der Waals surface area contributed by atoms with Crippen LogP contribution in [0.15, 0.2) is 66.7 Å². The van der Waals surface area contributed by atoms with Crippen LogP contribution in [0.4, 0.5) is 0 Å². The largest absolute Gasteiger partial charge is 0.465 e. The van der Waals surface area contributed by atoms with Crippen LogP contribution in [-0.4, -0.2) is 19.0 Å². The molecule has 0 fully saturated rings. The summed E-state index contributed by atoms with van der Waals surface area (Å²) in [5, 5.41) is 2.22. The van der Waals surface area contributed by atoms with E-state index in [-0.39, 0.29) is 12.4 Å². The first-order chi connectivity index (χ1) is 11.7. The molecule has 3 aromatic rings. The summed E-state index contributed by atoms with van der Waals surface area (Å²) >= 11 is 0. The maximum absolute atomic E-state index is 12.1. The molecule has 0 bridgehead atoms. The maximum Gasteiger partial charge on any atom is 0.337 e. The van der Waals surface area contributed by atoms with Crippen molar-refractivity contribution in [3.05, 3.63) is 77.9 Å². The topological polar surface area (TPSA) is 52.6 Å². The third-order valence-electron chi connectivity index (χ3n) is 3.67. The summed E-state index contributed by atoms with van der Waals surface area (Å²) < 4.78 is 9.93. The van der Waals surface area contributed by atoms with E-state index < -0.39 is 5.97 Å². The van der Waals surface area contributed by atoms with Crippen LogP contribution in [0, 0.1) is 0 Å². The smallest absolute Gasteiger partial charge is 0.337 e. The first kappa shape index (κ1) is 15.7. The monoisotopic (exact) mass is 320 g/mol. The van der Waals surface area contributed by atoms with E-state index in [2.05, 4.69) is 4.74 Å². The van der Waals surface area contributed by atoms with Crippen molar-refractivity contribution >= 4 is 22.7 Å². The fourth-order valence-corrected chi connectivity index (χ4v) is 2.46. The number of carbonyl (C=O) groups is 2. The van der Waals surface area contributed by atoms with Gasteiger partial charge in [-0.1, -0.05) is 42.5 Å². The van der Waals surface area contributed by atoms with Gasteiger partial charge in [0.2, 0.25) is 0 Å². The highest BCUT2D eigenvalue weighted by molar-refractivity contribution is 5.89. The molecule has 4 heteroatoms. The van der Waals surface area contributed by atoms with Gasteiger partial charge in [-0.25, -0.2) is 4.79 Å². The van der Waals surface area contributed by atoms with Gasteiger partial charge in [0.15, 0.2) is 0 Å². The molecule has 0 unspecified atom stereocenters. The van der Waals surface area contributed by atoms with Crippen molar-refractivity contribution < 1.29 is 19.1 Å². The van der Waals surface area contributed by atoms with Gasteiger partial charge in [-0.05, 0) is 40.6 Å². The van der Waals surface area contributed by atoms with Crippen LogP contribution in [0.1, 0.15) is 15.9 Å². The van der Waals surface area contributed by atoms with E-state index in [9.17, 15) is 9.59 Å². The molecule has 120 valence electrons. The maximum atomic E-state index is 12.1. The summed E-state index contributed by atoms with van der Waals surface area (Å²) in [7, 11) is 1.32. The number of methoxy groups -OCH3 is 1. The van der Waals surface area contributed by atoms with Gasteiger partial charge in [-0.3, -0.25) is 4.79 Å². The fourth-order valence-electron chi connectivity index (χ4n) is 2.46. The van der Waals surface area contributed by atoms with Gasteiger partial charge in [0, 0.05) is 0 Å². The molecule has 0 atom stereocenters. The Kier molecular flexibility index (Phi) is 4.57. The predicted octanol–water partition coefficient (Wildman–Crippen LogP) is 3.77. The standard InChI is InChI=1S/C20H16O4/c1-23-20(22)16-8-10-18(11-9-16)24-19(21)13-14-6-7-15-4-2-3-5-17(15)12-14/h2-12H,13H2,1H3. The van der Waals surface area contributed by atoms with Crippen molar-refractivity contribution in [1.29, 1.82) is 0 Å². The number of esters is 2. The molecule has 0 spiro atoms. The summed E-state index contributed by atoms with van der Waals surface area (Å²) in [5.41, 5.74) is 1.30. The van der Waals surface area contributed by atoms with Gasteiger partial charge >= 0.3 is 11.9 Å². The average molecular weight is 320 g/mol. The lowest BCUT2D eigenvalue weighted by atomic mass is 10.1. The van der Waals surface area contributed by atoms with Crippen molar-refractivity contribution in [2.75, 3.05) is 7.11 Å². The van der Waals surface area contributed by atoms with Crippen LogP contribution >= 0.6 is 0 Å². The minimum atomic E-state index is -0.427. The Morgan fingerprint density at radius 2 is 1.58 bits per heavy atom. The van der Waals surface area contributed by atoms with Gasteiger partial charge < -0.3 is 9.47 Å². The van der Waals surface area contributed by atoms with E-state index >= 15 is 0 Å². The molecule has 0 aromatic heterocycles. The average Bonchev–Trinajstić information content (AvgIpc) is 2.61. The SMILES string of the molecule is COC(=O)c1ccc(OC(=O)Cc2ccc3ccccc3c2)cc1. The van der Waals surface area contributed by atoms with Gasteiger partial charge in [-0.2, -0.15) is 0 Å². The molecule has 0 aliphatic carbocycles. The number of carbonyl (C=O) groups excluding carboxylic acids is 2. The quantitative estimate of drug-likeness (QED) is 0.542. The Balaban J connectivity index is 1.67. The van der Waals surface area contributed by atoms with Crippen LogP contribution in [0.5, 0.6) is 5.75 Å². The van der Waals surface area contributed by atoms with Crippen molar-refractivity contribution in [2.45, 2.75) is 6.42 Å². The summed E-state index contributed by atoms with van der Waals surface area (Å²) in [6.07, 6.45) is 0.184. The zero-order chi connectivity index (χ0) is 16.9. The highest BCUT2D eigenvalue weighted by atomic mass is 16.5. The van der Waals surface area contributed by atoms with Gasteiger partial charge in [0.05, 0.1) is 19.1 Å². The zero-order valence-corrected chi connectivity index (χ0v) is 13.2. The summed E-state index contributed by atoms with van der Waals surface area (Å²) in [6, 6.07) is 20.1. The second-order valence-corrected chi connectivity index (χ2v) is 5.35. The van der Waals surface area contributed by atoms with Gasteiger partial charge in [0.1, 0.15) is 5.75 Å². The molecule has 4 nitrogen and oxygen atoms in total. The molecule has 3 aromatic carbocycles. The third kappa shape index (κ3) is 3.60. The minimum absolute atomic E-state index is 0.184. The minimum Gasteiger partial charge on any atom is -0.465 e. The van der Waals surface area contributed by atoms with E-state index in [1.165, 1.54) is 7.11 Å². The van der Waals surface area contributed by atoms with Crippen LogP contribution in [0.2, 0.25) is 0 Å². The Morgan fingerprint density at radius 3 is 2.29 bits per heavy atom. The van der Waals surface area contributed by atoms with Crippen molar-refractivity contribution in [1.82, 2.24) is 0 Å². The number of hydrogen-bond acceptors (Lipinski definition) is 4. The normalized spacial score (nSPS) is 10.4. The molecule has 0 aliphatic rings. The highest BCUT2D eigenvalue weighted by Gasteiger charge is 2.09. The Bertz CT molecular complexity index is 882. The van der Waals surface area contributed by atoms with Crippen LogP contribution < -0.4 is 4.74 Å². The lowest BCUT2D eigenvalue weighted by Crippen LogP contribution is -2.11. The van der Waals surface area contributed by atoms with Gasteiger partial charge in [0.25, 0.3) is 0 Å². The molecule has 0 saturated heterocycles. The molecule has 3 rings (SSSR count). The van der Waals surface area contributed by atoms with E-state index in [1.54, 1.807) is 24.3 Å². The molecule has 0 N–H and O–H groups in total. The molecule has 0 radical (unpaired) electrons. The predicted molar refractivity (Wildman–Crippen MR) is 91.1 cm³/mol. The number of rotatable bonds is 4. The lowest BCUT2D eigenvalue weighted by Gasteiger charge is -2.06. The Labute approximate surface area is 139 Å². The number of fused-ring (bicyclic) bond motifs is 1. The van der Waals surface area contributed by atoms with Crippen LogP contribution in [0.3, 0.4) is 0 Å². The van der Waals surface area contributed by atoms with E-state index in [0.29, 0.717) is 11.3 Å². The van der Waals surface area contributed by atoms with Crippen molar-refractivity contribution in [3.8, 4) is 5.75 Å². The molecule has 0 saturated carbocycles. The molecular formula is C20H16O4. The molecule has 0 amide bonds. The second kappa shape index (κ2) is 6.96. The fraction of sp³-hybridized carbons (Fsp3) is 0.100. The van der Waals surface area contributed by atoms with E-state index in [4.69, 9.17) is 4.74 Å². The van der Waals surface area contributed by atoms with Gasteiger partial charge in [-0.15, -0.1) is 0 Å². The first-order valence-electron chi connectivity index (χ1n) is 7.52. The van der Waals surface area contributed by atoms with E-state index in [0.717, 1.165) is 16.3 Å². The number of ether oxygens (including phenoxy) is 2. The Morgan fingerprint density at radius 1 is 0.875 bits per heavy atom. The molecule has 0 heterocycles. The molecular weight excluding hydrogens is 304 g/mol. The first-order valence-corrected chi connectivity index (χ1v) is 7.52. The summed E-state index contributed by atoms with van der Waals surface area (Å²) in [6.45, 7) is 0. The molecule has 0 aliphatic heterocycles. The second-order valence-electron chi connectivity index (χ2n) is 5.35. The number of benzene rings is 3. The van der Waals surface area contributed by atoms with E-state index in [1.807, 2.05) is 42.5 Å². The zero-order valence-electron chi connectivity index (χ0n) is 13.2. The lowest BCUT2D eigenvalue weighted by molar-refractivity contribution is -0.133. The summed E-state index contributed by atoms with van der Waals surface area (Å²) in [4.78, 5) is 23.4. The van der Waals surface area contributed by atoms with Crippen molar-refractivity contribution in [3.63, 3.8) is 0 Å². The summed E-state index contributed by atoms with van der Waals surface area (Å²) in [5.74, 6) is -0.381. The third-order valence-corrected chi connectivity index (χ3v) is 3.67. The van der Waals surface area contributed by atoms with Crippen LogP contribution in [0.25, 0.3) is 10.8 Å².